The van der Waals surface area contributed by atoms with Crippen molar-refractivity contribution in [3.8, 4) is 0 Å². The van der Waals surface area contributed by atoms with Crippen molar-refractivity contribution in [2.45, 2.75) is 52.4 Å². The first-order valence-corrected chi connectivity index (χ1v) is 5.18. The van der Waals surface area contributed by atoms with Gasteiger partial charge in [-0.1, -0.05) is 19.8 Å². The van der Waals surface area contributed by atoms with Crippen LogP contribution in [0, 0.1) is 5.41 Å². The Balaban J connectivity index is 2.69. The van der Waals surface area contributed by atoms with Crippen molar-refractivity contribution >= 4 is 11.6 Å². The molecule has 1 rings (SSSR count). The normalized spacial score (nSPS) is 22.0. The van der Waals surface area contributed by atoms with Crippen LogP contribution in [0.4, 0.5) is 0 Å². The standard InChI is InChI=1S/C11H18O2/c1-3-4-8-11(2)9(12)6-5-7-10(11)13/h3-8H2,1-2H3. The third kappa shape index (κ3) is 1.98. The van der Waals surface area contributed by atoms with Crippen molar-refractivity contribution in [1.82, 2.24) is 0 Å². The number of rotatable bonds is 3. The van der Waals surface area contributed by atoms with Crippen LogP contribution < -0.4 is 0 Å². The number of hydrogen-bond donors (Lipinski definition) is 0. The lowest BCUT2D eigenvalue weighted by Crippen LogP contribution is -2.39. The molecule has 0 aromatic rings. The van der Waals surface area contributed by atoms with E-state index in [1.165, 1.54) is 0 Å². The fraction of sp³-hybridized carbons (Fsp3) is 0.818. The van der Waals surface area contributed by atoms with Crippen molar-refractivity contribution in [3.63, 3.8) is 0 Å². The zero-order valence-corrected chi connectivity index (χ0v) is 8.56. The summed E-state index contributed by atoms with van der Waals surface area (Å²) in [4.78, 5) is 23.2. The topological polar surface area (TPSA) is 34.1 Å². The number of hydrogen-bond acceptors (Lipinski definition) is 2. The monoisotopic (exact) mass is 182 g/mol. The Hall–Kier alpha value is -0.660. The SMILES string of the molecule is CCCCC1(C)C(=O)CCCC1=O. The largest absolute Gasteiger partial charge is 0.299 e. The molecule has 0 unspecified atom stereocenters. The van der Waals surface area contributed by atoms with E-state index in [0.29, 0.717) is 12.8 Å². The summed E-state index contributed by atoms with van der Waals surface area (Å²) in [5.41, 5.74) is -0.631. The van der Waals surface area contributed by atoms with Crippen molar-refractivity contribution in [2.24, 2.45) is 5.41 Å². The molecule has 0 radical (unpaired) electrons. The molecule has 0 aliphatic heterocycles. The van der Waals surface area contributed by atoms with Crippen LogP contribution in [0.5, 0.6) is 0 Å². The van der Waals surface area contributed by atoms with Gasteiger partial charge in [0.15, 0.2) is 0 Å². The third-order valence-electron chi connectivity index (χ3n) is 3.07. The van der Waals surface area contributed by atoms with Gasteiger partial charge in [0.25, 0.3) is 0 Å². The van der Waals surface area contributed by atoms with Crippen LogP contribution in [0.15, 0.2) is 0 Å². The molecule has 13 heavy (non-hydrogen) atoms. The van der Waals surface area contributed by atoms with Crippen LogP contribution in [0.2, 0.25) is 0 Å². The second-order valence-electron chi connectivity index (χ2n) is 4.14. The second kappa shape index (κ2) is 4.03. The number of unbranched alkanes of at least 4 members (excludes halogenated alkanes) is 1. The summed E-state index contributed by atoms with van der Waals surface area (Å²) >= 11 is 0. The van der Waals surface area contributed by atoms with E-state index in [1.54, 1.807) is 0 Å². The highest BCUT2D eigenvalue weighted by atomic mass is 16.2. The summed E-state index contributed by atoms with van der Waals surface area (Å²) in [6, 6.07) is 0. The van der Waals surface area contributed by atoms with Gasteiger partial charge >= 0.3 is 0 Å². The highest BCUT2D eigenvalue weighted by Crippen LogP contribution is 2.34. The van der Waals surface area contributed by atoms with E-state index in [4.69, 9.17) is 0 Å². The lowest BCUT2D eigenvalue weighted by atomic mass is 9.70. The minimum atomic E-state index is -0.631. The first kappa shape index (κ1) is 10.4. The van der Waals surface area contributed by atoms with Crippen LogP contribution in [0.25, 0.3) is 0 Å². The van der Waals surface area contributed by atoms with Gasteiger partial charge in [0.05, 0.1) is 5.41 Å². The fourth-order valence-electron chi connectivity index (χ4n) is 1.93. The molecule has 2 nitrogen and oxygen atoms in total. The minimum Gasteiger partial charge on any atom is -0.299 e. The number of carbonyl (C=O) groups excluding carboxylic acids is 2. The van der Waals surface area contributed by atoms with E-state index in [2.05, 4.69) is 6.92 Å². The Kier molecular flexibility index (Phi) is 3.23. The molecule has 0 aromatic carbocycles. The maximum Gasteiger partial charge on any atom is 0.146 e. The molecule has 0 heterocycles. The summed E-state index contributed by atoms with van der Waals surface area (Å²) in [7, 11) is 0. The maximum atomic E-state index is 11.6. The van der Waals surface area contributed by atoms with Crippen LogP contribution in [-0.2, 0) is 9.59 Å². The van der Waals surface area contributed by atoms with E-state index in [9.17, 15) is 9.59 Å². The average Bonchev–Trinajstić information content (AvgIpc) is 2.11. The van der Waals surface area contributed by atoms with Gasteiger partial charge in [-0.25, -0.2) is 0 Å². The molecule has 0 bridgehead atoms. The molecule has 2 heteroatoms. The third-order valence-corrected chi connectivity index (χ3v) is 3.07. The Labute approximate surface area is 79.7 Å². The molecule has 1 fully saturated rings. The van der Waals surface area contributed by atoms with Gasteiger partial charge in [-0.15, -0.1) is 0 Å². The average molecular weight is 182 g/mol. The molecular formula is C11H18O2. The minimum absolute atomic E-state index is 0.164. The van der Waals surface area contributed by atoms with Gasteiger partial charge in [0.2, 0.25) is 0 Å². The van der Waals surface area contributed by atoms with Crippen LogP contribution in [-0.4, -0.2) is 11.6 Å². The molecular weight excluding hydrogens is 164 g/mol. The lowest BCUT2D eigenvalue weighted by Gasteiger charge is -2.30. The Bertz CT molecular complexity index is 202. The van der Waals surface area contributed by atoms with Gasteiger partial charge in [-0.2, -0.15) is 0 Å². The first-order valence-electron chi connectivity index (χ1n) is 5.18. The molecule has 0 aromatic heterocycles. The van der Waals surface area contributed by atoms with Crippen molar-refractivity contribution in [1.29, 1.82) is 0 Å². The van der Waals surface area contributed by atoms with Crippen LogP contribution in [0.3, 0.4) is 0 Å². The zero-order chi connectivity index (χ0) is 9.90. The highest BCUT2D eigenvalue weighted by Gasteiger charge is 2.41. The number of Topliss-reactive ketones (excluding diaryl/α,β-unsaturated/α-hetero) is 2. The van der Waals surface area contributed by atoms with E-state index in [1.807, 2.05) is 6.92 Å². The predicted octanol–water partition coefficient (Wildman–Crippen LogP) is 2.51. The molecule has 74 valence electrons. The Morgan fingerprint density at radius 1 is 1.23 bits per heavy atom. The summed E-state index contributed by atoms with van der Waals surface area (Å²) in [6.45, 7) is 3.91. The van der Waals surface area contributed by atoms with Gasteiger partial charge in [0.1, 0.15) is 11.6 Å². The van der Waals surface area contributed by atoms with Crippen molar-refractivity contribution < 1.29 is 9.59 Å². The van der Waals surface area contributed by atoms with Gasteiger partial charge in [-0.05, 0) is 19.8 Å². The molecule has 0 spiro atoms. The molecule has 0 saturated heterocycles. The molecule has 1 saturated carbocycles. The predicted molar refractivity (Wildman–Crippen MR) is 51.5 cm³/mol. The zero-order valence-electron chi connectivity index (χ0n) is 8.56. The summed E-state index contributed by atoms with van der Waals surface area (Å²) in [6.07, 6.45) is 4.75. The van der Waals surface area contributed by atoms with E-state index >= 15 is 0 Å². The van der Waals surface area contributed by atoms with Gasteiger partial charge < -0.3 is 0 Å². The fourth-order valence-corrected chi connectivity index (χ4v) is 1.93. The van der Waals surface area contributed by atoms with Crippen LogP contribution >= 0.6 is 0 Å². The maximum absolute atomic E-state index is 11.6. The smallest absolute Gasteiger partial charge is 0.146 e. The van der Waals surface area contributed by atoms with E-state index in [0.717, 1.165) is 25.7 Å². The van der Waals surface area contributed by atoms with Crippen LogP contribution in [0.1, 0.15) is 52.4 Å². The molecule has 0 N–H and O–H groups in total. The molecule has 1 aliphatic rings. The molecule has 1 aliphatic carbocycles. The van der Waals surface area contributed by atoms with Crippen molar-refractivity contribution in [2.75, 3.05) is 0 Å². The number of carbonyl (C=O) groups is 2. The quantitative estimate of drug-likeness (QED) is 0.628. The lowest BCUT2D eigenvalue weighted by molar-refractivity contribution is -0.143. The molecule has 0 atom stereocenters. The first-order chi connectivity index (χ1) is 6.11. The number of ketones is 2. The second-order valence-corrected chi connectivity index (χ2v) is 4.14. The summed E-state index contributed by atoms with van der Waals surface area (Å²) in [5, 5.41) is 0. The highest BCUT2D eigenvalue weighted by molar-refractivity contribution is 6.08. The van der Waals surface area contributed by atoms with Crippen molar-refractivity contribution in [3.05, 3.63) is 0 Å². The van der Waals surface area contributed by atoms with Gasteiger partial charge in [0, 0.05) is 12.8 Å². The Morgan fingerprint density at radius 3 is 2.23 bits per heavy atom. The Morgan fingerprint density at radius 2 is 1.77 bits per heavy atom. The molecule has 0 amide bonds. The van der Waals surface area contributed by atoms with Gasteiger partial charge in [-0.3, -0.25) is 9.59 Å². The summed E-state index contributed by atoms with van der Waals surface area (Å²) in [5.74, 6) is 0.328. The summed E-state index contributed by atoms with van der Waals surface area (Å²) < 4.78 is 0. The van der Waals surface area contributed by atoms with E-state index < -0.39 is 5.41 Å². The van der Waals surface area contributed by atoms with E-state index in [-0.39, 0.29) is 11.6 Å².